The second-order valence-electron chi connectivity index (χ2n) is 38.5. The summed E-state index contributed by atoms with van der Waals surface area (Å²) in [6, 6.07) is 207. The number of rotatable bonds is 14. The van der Waals surface area contributed by atoms with Gasteiger partial charge in [-0.1, -0.05) is 382 Å². The zero-order valence-corrected chi connectivity index (χ0v) is 81.0. The summed E-state index contributed by atoms with van der Waals surface area (Å²) in [5.74, 6) is 0. The van der Waals surface area contributed by atoms with Crippen LogP contribution < -0.4 is 0 Å². The SMILES string of the molecule is c1ccc(-c2cc(-c3ccccc3)c3c4cc(-c5ccc6c(c5)c5ccccc5n6-c5ccccc5)ccc4n(-c4ccccc4)c3c2)cc1.c1ccc(-c2ccc3c(c2-c2ccccc2)c2cc(-c4ccc5c(c4)c4ccccc4n5-c4ccccc4)ccc2n3-c2ccccc2)cc1.c1ccc(-n2c3ccccc3c3cc(-c4ccc5c(c4)c4c(-c6cccc7ccccc67)cccc4n5-c4ccccc4)ccc32)cc1. The average Bonchev–Trinajstić information content (AvgIpc) is 1.55. The lowest BCUT2D eigenvalue weighted by atomic mass is 9.90. The predicted octanol–water partition coefficient (Wildman–Crippen LogP) is 38.1. The van der Waals surface area contributed by atoms with Gasteiger partial charge in [0.1, 0.15) is 0 Å². The Labute approximate surface area is 856 Å². The molecule has 0 spiro atoms. The van der Waals surface area contributed by atoms with Gasteiger partial charge in [-0.25, -0.2) is 0 Å². The van der Waals surface area contributed by atoms with Gasteiger partial charge in [0.05, 0.1) is 66.2 Å². The molecular weight excluding hydrogens is 1790 g/mol. The summed E-state index contributed by atoms with van der Waals surface area (Å²) in [5.41, 5.74) is 41.0. The highest BCUT2D eigenvalue weighted by Gasteiger charge is 2.27. The molecule has 30 aromatic rings. The largest absolute Gasteiger partial charge is 0.309 e. The molecule has 692 valence electrons. The maximum Gasteiger partial charge on any atom is 0.0553 e. The monoisotopic (exact) mass is 1880 g/mol. The Balaban J connectivity index is 0.000000107. The molecule has 0 radical (unpaired) electrons. The zero-order valence-electron chi connectivity index (χ0n) is 81.0. The molecule has 0 N–H and O–H groups in total. The fourth-order valence-corrected chi connectivity index (χ4v) is 23.5. The van der Waals surface area contributed by atoms with Gasteiger partial charge >= 0.3 is 0 Å². The molecule has 0 fully saturated rings. The van der Waals surface area contributed by atoms with E-state index in [0.717, 1.165) is 17.1 Å². The number of benzene rings is 24. The molecule has 0 saturated carbocycles. The van der Waals surface area contributed by atoms with Gasteiger partial charge in [0.2, 0.25) is 0 Å². The third-order valence-electron chi connectivity index (χ3n) is 30.1. The minimum atomic E-state index is 1.15. The van der Waals surface area contributed by atoms with E-state index in [4.69, 9.17) is 0 Å². The fraction of sp³-hybridized carbons (Fsp3) is 0. The number of aromatic nitrogens is 6. The van der Waals surface area contributed by atoms with Crippen LogP contribution in [0.25, 0.3) is 265 Å². The van der Waals surface area contributed by atoms with Gasteiger partial charge in [-0.2, -0.15) is 0 Å². The van der Waals surface area contributed by atoms with Crippen LogP contribution in [0.15, 0.2) is 570 Å². The molecule has 0 unspecified atom stereocenters. The lowest BCUT2D eigenvalue weighted by molar-refractivity contribution is 1.18. The summed E-state index contributed by atoms with van der Waals surface area (Å²) in [7, 11) is 0. The van der Waals surface area contributed by atoms with Crippen LogP contribution in [0.3, 0.4) is 0 Å². The van der Waals surface area contributed by atoms with Gasteiger partial charge in [0, 0.05) is 98.8 Å². The third-order valence-corrected chi connectivity index (χ3v) is 30.1. The van der Waals surface area contributed by atoms with Crippen molar-refractivity contribution in [3.63, 3.8) is 0 Å². The van der Waals surface area contributed by atoms with Crippen LogP contribution in [0.1, 0.15) is 0 Å². The van der Waals surface area contributed by atoms with E-state index in [0.29, 0.717) is 0 Å². The van der Waals surface area contributed by atoms with Crippen molar-refractivity contribution in [2.24, 2.45) is 0 Å². The second kappa shape index (κ2) is 36.4. The Bertz CT molecular complexity index is 10300. The van der Waals surface area contributed by atoms with Crippen molar-refractivity contribution in [1.82, 2.24) is 27.4 Å². The van der Waals surface area contributed by atoms with Crippen molar-refractivity contribution < 1.29 is 0 Å². The van der Waals surface area contributed by atoms with Crippen molar-refractivity contribution in [2.45, 2.75) is 0 Å². The molecule has 6 heterocycles. The molecule has 148 heavy (non-hydrogen) atoms. The standard InChI is InChI=1S/2C48H32N2.C46H30N2/c1-5-15-33(16-6-1)39-27-30-46-48(47(39)34-17-7-2-8-18-34)42-32-36(26-29-45(42)50(46)38-21-11-4-12-22-38)35-25-28-44-41(31-35)40-23-13-14-24-43(40)49(44)37-19-9-3-10-20-37;1-5-15-33(16-6-1)37-31-41(34-17-7-2-8-18-34)48-43-30-36(26-28-46(43)50(47(48)32-37)39-21-11-4-12-22-39)35-25-27-45-42(29-35)40-23-13-14-24-44(40)49(45)38-19-9-3-10-20-38;1-3-15-34(16-4-1)47-42-23-10-9-20-38(42)40-29-32(25-27-43(40)47)33-26-28-44-41(30-33)46-39(37-21-11-14-31-13-7-8-19-36(31)37)22-12-24-45(46)48(44)35-17-5-2-6-18-35/h2*1-32H;1-30H. The van der Waals surface area contributed by atoms with Crippen LogP contribution in [0.5, 0.6) is 0 Å². The molecule has 0 atom stereocenters. The van der Waals surface area contributed by atoms with Gasteiger partial charge in [0.25, 0.3) is 0 Å². The maximum absolute atomic E-state index is 2.43. The number of hydrogen-bond acceptors (Lipinski definition) is 0. The predicted molar refractivity (Wildman–Crippen MR) is 626 cm³/mol. The second-order valence-corrected chi connectivity index (χ2v) is 38.5. The quantitative estimate of drug-likeness (QED) is 0.104. The molecule has 0 bridgehead atoms. The normalized spacial score (nSPS) is 11.6. The highest BCUT2D eigenvalue weighted by Crippen LogP contribution is 2.51. The highest BCUT2D eigenvalue weighted by atomic mass is 15.0. The van der Waals surface area contributed by atoms with Gasteiger partial charge in [-0.05, 0) is 288 Å². The van der Waals surface area contributed by atoms with Crippen molar-refractivity contribution >= 4 is 142 Å². The van der Waals surface area contributed by atoms with E-state index < -0.39 is 0 Å². The molecule has 30 rings (SSSR count). The molecule has 24 aromatic carbocycles. The molecule has 0 amide bonds. The van der Waals surface area contributed by atoms with Crippen LogP contribution in [0.2, 0.25) is 0 Å². The Hall–Kier alpha value is -19.7. The van der Waals surface area contributed by atoms with E-state index in [2.05, 4.69) is 598 Å². The Morgan fingerprint density at radius 3 is 0.743 bits per heavy atom. The van der Waals surface area contributed by atoms with Crippen molar-refractivity contribution in [2.75, 3.05) is 0 Å². The zero-order chi connectivity index (χ0) is 97.6. The Morgan fingerprint density at radius 2 is 0.351 bits per heavy atom. The molecule has 6 heteroatoms. The summed E-state index contributed by atoms with van der Waals surface area (Å²) in [6.07, 6.45) is 0. The molecule has 6 aromatic heterocycles. The highest BCUT2D eigenvalue weighted by molar-refractivity contribution is 6.23. The maximum atomic E-state index is 2.43. The van der Waals surface area contributed by atoms with E-state index in [1.54, 1.807) is 0 Å². The fourth-order valence-electron chi connectivity index (χ4n) is 23.5. The molecule has 0 aliphatic carbocycles. The first-order valence-corrected chi connectivity index (χ1v) is 50.9. The number of para-hydroxylation sites is 9. The van der Waals surface area contributed by atoms with Gasteiger partial charge in [0.15, 0.2) is 0 Å². The van der Waals surface area contributed by atoms with E-state index in [-0.39, 0.29) is 0 Å². The van der Waals surface area contributed by atoms with E-state index >= 15 is 0 Å². The molecule has 0 saturated heterocycles. The van der Waals surface area contributed by atoms with Crippen LogP contribution in [-0.4, -0.2) is 27.4 Å². The molecule has 6 nitrogen and oxygen atoms in total. The van der Waals surface area contributed by atoms with Gasteiger partial charge in [-0.15, -0.1) is 0 Å². The summed E-state index contributed by atoms with van der Waals surface area (Å²) in [6.45, 7) is 0. The van der Waals surface area contributed by atoms with Crippen LogP contribution in [0.4, 0.5) is 0 Å². The summed E-state index contributed by atoms with van der Waals surface area (Å²) >= 11 is 0. The summed E-state index contributed by atoms with van der Waals surface area (Å²) in [5, 5.41) is 17.6. The van der Waals surface area contributed by atoms with E-state index in [1.807, 2.05) is 0 Å². The number of hydrogen-bond donors (Lipinski definition) is 0. The number of fused-ring (bicyclic) bond motifs is 19. The molecule has 0 aliphatic rings. The summed E-state index contributed by atoms with van der Waals surface area (Å²) < 4.78 is 14.4. The van der Waals surface area contributed by atoms with Crippen molar-refractivity contribution in [1.29, 1.82) is 0 Å². The minimum Gasteiger partial charge on any atom is -0.309 e. The third kappa shape index (κ3) is 14.7. The van der Waals surface area contributed by atoms with Gasteiger partial charge < -0.3 is 27.4 Å². The Kier molecular flexibility index (Phi) is 21.2. The van der Waals surface area contributed by atoms with E-state index in [1.165, 1.54) is 248 Å². The van der Waals surface area contributed by atoms with Crippen molar-refractivity contribution in [3.8, 4) is 123 Å². The first-order chi connectivity index (χ1) is 73.5. The lowest BCUT2D eigenvalue weighted by Crippen LogP contribution is -1.94. The topological polar surface area (TPSA) is 29.6 Å². The lowest BCUT2D eigenvalue weighted by Gasteiger charge is -2.14. The first kappa shape index (κ1) is 86.2. The summed E-state index contributed by atoms with van der Waals surface area (Å²) in [4.78, 5) is 0. The van der Waals surface area contributed by atoms with Crippen molar-refractivity contribution in [3.05, 3.63) is 570 Å². The minimum absolute atomic E-state index is 1.15. The van der Waals surface area contributed by atoms with Crippen LogP contribution in [-0.2, 0) is 0 Å². The molecule has 0 aliphatic heterocycles. The Morgan fingerprint density at radius 1 is 0.101 bits per heavy atom. The van der Waals surface area contributed by atoms with E-state index in [9.17, 15) is 0 Å². The van der Waals surface area contributed by atoms with Crippen LogP contribution >= 0.6 is 0 Å². The van der Waals surface area contributed by atoms with Crippen LogP contribution in [0, 0.1) is 0 Å². The molecular formula is C142H94N6. The first-order valence-electron chi connectivity index (χ1n) is 50.9. The van der Waals surface area contributed by atoms with Gasteiger partial charge in [-0.3, -0.25) is 0 Å². The average molecular weight is 1880 g/mol. The number of nitrogens with zero attached hydrogens (tertiary/aromatic N) is 6. The smallest absolute Gasteiger partial charge is 0.0553 e.